The monoisotopic (exact) mass is 207 g/mol. The first kappa shape index (κ1) is 12.2. The van der Waals surface area contributed by atoms with E-state index in [1.54, 1.807) is 24.3 Å². The van der Waals surface area contributed by atoms with Crippen molar-refractivity contribution in [2.75, 3.05) is 0 Å². The predicted molar refractivity (Wildman–Crippen MR) is 49.7 cm³/mol. The van der Waals surface area contributed by atoms with Crippen LogP contribution in [0.4, 0.5) is 0 Å². The van der Waals surface area contributed by atoms with Crippen molar-refractivity contribution in [3.05, 3.63) is 54.6 Å². The zero-order valence-corrected chi connectivity index (χ0v) is 8.83. The number of benzene rings is 1. The van der Waals surface area contributed by atoms with Gasteiger partial charge in [0.05, 0.1) is 0 Å². The minimum Gasteiger partial charge on any atom is -0.508 e. The van der Waals surface area contributed by atoms with Crippen molar-refractivity contribution < 1.29 is 26.8 Å². The van der Waals surface area contributed by atoms with Gasteiger partial charge in [-0.15, -0.1) is 6.42 Å². The Morgan fingerprint density at radius 3 is 2.08 bits per heavy atom. The maximum absolute atomic E-state index is 8.63. The van der Waals surface area contributed by atoms with Crippen LogP contribution < -0.4 is 0 Å². The molecule has 0 aliphatic heterocycles. The van der Waals surface area contributed by atoms with Gasteiger partial charge in [-0.3, -0.25) is 6.08 Å². The Morgan fingerprint density at radius 2 is 1.85 bits per heavy atom. The molecule has 0 unspecified atom stereocenters. The van der Waals surface area contributed by atoms with Gasteiger partial charge in [0.15, 0.2) is 0 Å². The first-order valence-corrected chi connectivity index (χ1v) is 3.85. The van der Waals surface area contributed by atoms with E-state index < -0.39 is 0 Å². The molecule has 2 rings (SSSR count). The van der Waals surface area contributed by atoms with Gasteiger partial charge in [-0.1, -0.05) is 18.2 Å². The van der Waals surface area contributed by atoms with Crippen molar-refractivity contribution in [2.24, 2.45) is 0 Å². The average molecular weight is 207 g/mol. The third kappa shape index (κ3) is 6.38. The molecule has 0 bridgehead atoms. The molecule has 0 saturated heterocycles. The van der Waals surface area contributed by atoms with Gasteiger partial charge in [-0.25, -0.2) is 12.2 Å². The quantitative estimate of drug-likeness (QED) is 0.512. The molecule has 0 heterocycles. The molecule has 1 nitrogen and oxygen atoms in total. The van der Waals surface area contributed by atoms with Gasteiger partial charge in [0, 0.05) is 21.7 Å². The van der Waals surface area contributed by atoms with Gasteiger partial charge in [-0.05, 0) is 12.1 Å². The molecule has 0 saturated carbocycles. The van der Waals surface area contributed by atoms with Crippen LogP contribution in [0, 0.1) is 6.08 Å². The molecule has 1 aliphatic rings. The number of rotatable bonds is 0. The van der Waals surface area contributed by atoms with Crippen molar-refractivity contribution in [3.63, 3.8) is 0 Å². The number of allylic oxidation sites excluding steroid dienone is 4. The summed E-state index contributed by atoms with van der Waals surface area (Å²) in [4.78, 5) is 0. The van der Waals surface area contributed by atoms with Crippen LogP contribution in [0.3, 0.4) is 0 Å². The fourth-order valence-corrected chi connectivity index (χ4v) is 0.768. The molecule has 13 heavy (non-hydrogen) atoms. The molecule has 66 valence electrons. The van der Waals surface area contributed by atoms with E-state index >= 15 is 0 Å². The summed E-state index contributed by atoms with van der Waals surface area (Å²) in [6.07, 6.45) is 10.0. The Kier molecular flexibility index (Phi) is 7.37. The van der Waals surface area contributed by atoms with Gasteiger partial charge >= 0.3 is 0 Å². The Bertz CT molecular complexity index is 255. The standard InChI is InChI=1S/C6H6O.C5H5.Ti/c7-6-4-2-1-3-5-6;1-2-4-5-3-1;/h1-5,7H;1-3H,4H2;/q;-1;. The van der Waals surface area contributed by atoms with Crippen molar-refractivity contribution in [1.29, 1.82) is 0 Å². The molecular formula is C11H11OTi-. The van der Waals surface area contributed by atoms with Crippen molar-refractivity contribution in [2.45, 2.75) is 6.42 Å². The van der Waals surface area contributed by atoms with Crippen molar-refractivity contribution in [3.8, 4) is 5.75 Å². The van der Waals surface area contributed by atoms with Gasteiger partial charge in [-0.2, -0.15) is 6.08 Å². The van der Waals surface area contributed by atoms with Crippen LogP contribution in [0.25, 0.3) is 0 Å². The second-order valence-electron chi connectivity index (χ2n) is 2.34. The summed E-state index contributed by atoms with van der Waals surface area (Å²) < 4.78 is 0. The van der Waals surface area contributed by atoms with Crippen LogP contribution in [0.5, 0.6) is 5.75 Å². The third-order valence-electron chi connectivity index (χ3n) is 1.34. The van der Waals surface area contributed by atoms with Crippen LogP contribution >= 0.6 is 0 Å². The van der Waals surface area contributed by atoms with Gasteiger partial charge < -0.3 is 5.11 Å². The summed E-state index contributed by atoms with van der Waals surface area (Å²) in [5.74, 6) is 0.322. The van der Waals surface area contributed by atoms with E-state index in [2.05, 4.69) is 12.2 Å². The first-order valence-electron chi connectivity index (χ1n) is 3.85. The second-order valence-corrected chi connectivity index (χ2v) is 2.34. The third-order valence-corrected chi connectivity index (χ3v) is 1.34. The SMILES string of the molecule is Oc1ccccc1.[C-]1=CC=CC1.[Ti]. The maximum Gasteiger partial charge on any atom is 0.115 e. The predicted octanol–water partition coefficient (Wildman–Crippen LogP) is 2.70. The summed E-state index contributed by atoms with van der Waals surface area (Å²) in [5.41, 5.74) is 0. The zero-order chi connectivity index (χ0) is 8.65. The number of phenols is 1. The number of hydrogen-bond acceptors (Lipinski definition) is 1. The van der Waals surface area contributed by atoms with E-state index in [0.717, 1.165) is 6.42 Å². The molecule has 0 atom stereocenters. The number of aromatic hydroxyl groups is 1. The molecule has 1 aromatic carbocycles. The number of hydrogen-bond donors (Lipinski definition) is 1. The topological polar surface area (TPSA) is 20.2 Å². The Balaban J connectivity index is 0.000000215. The van der Waals surface area contributed by atoms with Crippen LogP contribution in [0.2, 0.25) is 0 Å². The summed E-state index contributed by atoms with van der Waals surface area (Å²) in [6.45, 7) is 0. The van der Waals surface area contributed by atoms with E-state index in [0.29, 0.717) is 5.75 Å². The van der Waals surface area contributed by atoms with E-state index in [1.807, 2.05) is 18.2 Å². The zero-order valence-electron chi connectivity index (χ0n) is 7.27. The molecule has 1 aromatic rings. The van der Waals surface area contributed by atoms with E-state index in [1.165, 1.54) is 0 Å². The summed E-state index contributed by atoms with van der Waals surface area (Å²) >= 11 is 0. The van der Waals surface area contributed by atoms with Gasteiger partial charge in [0.1, 0.15) is 5.75 Å². The Hall–Kier alpha value is -0.786. The maximum atomic E-state index is 8.63. The average Bonchev–Trinajstić information content (AvgIpc) is 2.62. The van der Waals surface area contributed by atoms with Gasteiger partial charge in [0.2, 0.25) is 0 Å². The summed E-state index contributed by atoms with van der Waals surface area (Å²) in [6, 6.07) is 8.71. The smallest absolute Gasteiger partial charge is 0.115 e. The number of para-hydroxylation sites is 1. The second kappa shape index (κ2) is 7.84. The molecule has 0 aromatic heterocycles. The van der Waals surface area contributed by atoms with E-state index in [9.17, 15) is 0 Å². The molecule has 0 fully saturated rings. The van der Waals surface area contributed by atoms with Crippen molar-refractivity contribution in [1.82, 2.24) is 0 Å². The summed E-state index contributed by atoms with van der Waals surface area (Å²) in [5, 5.41) is 8.63. The molecule has 2 heteroatoms. The van der Waals surface area contributed by atoms with E-state index in [-0.39, 0.29) is 21.7 Å². The normalized spacial score (nSPS) is 11.4. The van der Waals surface area contributed by atoms with Crippen LogP contribution in [-0.4, -0.2) is 5.11 Å². The largest absolute Gasteiger partial charge is 0.508 e. The van der Waals surface area contributed by atoms with E-state index in [4.69, 9.17) is 5.11 Å². The summed E-state index contributed by atoms with van der Waals surface area (Å²) in [7, 11) is 0. The Labute approximate surface area is 93.7 Å². The molecular weight excluding hydrogens is 196 g/mol. The minimum absolute atomic E-state index is 0. The van der Waals surface area contributed by atoms with Crippen LogP contribution in [-0.2, 0) is 21.7 Å². The fourth-order valence-electron chi connectivity index (χ4n) is 0.768. The first-order chi connectivity index (χ1) is 5.89. The fraction of sp³-hybridized carbons (Fsp3) is 0.0909. The molecule has 0 amide bonds. The van der Waals surface area contributed by atoms with Crippen molar-refractivity contribution >= 4 is 0 Å². The molecule has 0 radical (unpaired) electrons. The molecule has 1 N–H and O–H groups in total. The number of phenolic OH excluding ortho intramolecular Hbond substituents is 1. The molecule has 0 spiro atoms. The van der Waals surface area contributed by atoms with Crippen LogP contribution in [0.15, 0.2) is 48.6 Å². The van der Waals surface area contributed by atoms with Gasteiger partial charge in [0.25, 0.3) is 0 Å². The molecule has 1 aliphatic carbocycles. The Morgan fingerprint density at radius 1 is 1.15 bits per heavy atom. The van der Waals surface area contributed by atoms with Crippen LogP contribution in [0.1, 0.15) is 6.42 Å². The minimum atomic E-state index is 0.